The maximum absolute atomic E-state index is 12.8. The number of carboxylic acids is 1. The Morgan fingerprint density at radius 2 is 1.31 bits per heavy atom. The fraction of sp³-hybridized carbons (Fsp3) is 0.0294. The highest BCUT2D eigenvalue weighted by Crippen LogP contribution is 2.25. The van der Waals surface area contributed by atoms with E-state index in [2.05, 4.69) is 16.0 Å². The van der Waals surface area contributed by atoms with E-state index in [9.17, 15) is 19.5 Å². The zero-order valence-electron chi connectivity index (χ0n) is 22.6. The van der Waals surface area contributed by atoms with E-state index in [1.165, 1.54) is 24.3 Å². The van der Waals surface area contributed by atoms with Gasteiger partial charge in [-0.05, 0) is 89.5 Å². The average molecular weight is 558 g/mol. The summed E-state index contributed by atoms with van der Waals surface area (Å²) in [5, 5.41) is 19.9. The van der Waals surface area contributed by atoms with Crippen molar-refractivity contribution < 1.29 is 24.2 Å². The summed E-state index contributed by atoms with van der Waals surface area (Å²) in [5.41, 5.74) is 2.31. The smallest absolute Gasteiger partial charge is 0.337 e. The van der Waals surface area contributed by atoms with E-state index in [0.29, 0.717) is 17.2 Å². The van der Waals surface area contributed by atoms with Gasteiger partial charge in [0.25, 0.3) is 0 Å². The van der Waals surface area contributed by atoms with Gasteiger partial charge in [0.15, 0.2) is 0 Å². The third-order valence-electron chi connectivity index (χ3n) is 6.41. The Kier molecular flexibility index (Phi) is 8.25. The molecule has 5 aromatic carbocycles. The number of benzene rings is 5. The van der Waals surface area contributed by atoms with Gasteiger partial charge in [-0.3, -0.25) is 4.79 Å². The van der Waals surface area contributed by atoms with Crippen molar-refractivity contribution in [2.24, 2.45) is 0 Å². The molecule has 42 heavy (non-hydrogen) atoms. The molecule has 0 aliphatic rings. The normalized spacial score (nSPS) is 11.0. The first-order valence-electron chi connectivity index (χ1n) is 13.1. The Balaban J connectivity index is 1.22. The largest absolute Gasteiger partial charge is 0.478 e. The number of amides is 3. The van der Waals surface area contributed by atoms with Crippen LogP contribution in [0.15, 0.2) is 121 Å². The predicted octanol–water partition coefficient (Wildman–Crippen LogP) is 8.02. The third-order valence-corrected chi connectivity index (χ3v) is 6.41. The number of urea groups is 1. The zero-order chi connectivity index (χ0) is 29.5. The molecule has 0 bridgehead atoms. The molecule has 0 radical (unpaired) electrons. The van der Waals surface area contributed by atoms with Crippen LogP contribution < -0.4 is 20.7 Å². The first kappa shape index (κ1) is 27.7. The lowest BCUT2D eigenvalue weighted by Gasteiger charge is -2.12. The topological polar surface area (TPSA) is 117 Å². The van der Waals surface area contributed by atoms with Crippen LogP contribution in [-0.2, 0) is 4.79 Å². The average Bonchev–Trinajstić information content (AvgIpc) is 2.99. The number of allylic oxidation sites excluding steroid dienone is 1. The number of para-hydroxylation sites is 1. The molecule has 8 heteroatoms. The van der Waals surface area contributed by atoms with Gasteiger partial charge in [0.05, 0.1) is 11.3 Å². The first-order chi connectivity index (χ1) is 20.3. The second-order valence-corrected chi connectivity index (χ2v) is 9.46. The van der Waals surface area contributed by atoms with Gasteiger partial charge < -0.3 is 25.8 Å². The summed E-state index contributed by atoms with van der Waals surface area (Å²) < 4.78 is 5.75. The fourth-order valence-electron chi connectivity index (χ4n) is 4.32. The minimum Gasteiger partial charge on any atom is -0.478 e. The van der Waals surface area contributed by atoms with Crippen LogP contribution in [0.1, 0.15) is 22.8 Å². The van der Waals surface area contributed by atoms with Crippen LogP contribution in [0, 0.1) is 0 Å². The summed E-state index contributed by atoms with van der Waals surface area (Å²) in [6.07, 6.45) is 1.42. The van der Waals surface area contributed by atoms with E-state index >= 15 is 0 Å². The molecular formula is C34H27N3O5. The SMILES string of the molecule is CC(=CC(=O)Nc1ccc(NC(=O)Nc2ccc(Oc3ccccc3)cc2)cc1C(=O)O)c1ccc2ccccc2c1. The molecule has 0 aliphatic heterocycles. The lowest BCUT2D eigenvalue weighted by atomic mass is 10.0. The summed E-state index contributed by atoms with van der Waals surface area (Å²) in [5.74, 6) is -0.418. The molecule has 208 valence electrons. The standard InChI is InChI=1S/C34H27N3O5/c1-22(24-12-11-23-7-5-6-8-25(23)20-24)19-32(38)37-31-18-15-27(21-30(31)33(39)40)36-34(41)35-26-13-16-29(17-14-26)42-28-9-3-2-4-10-28/h2-21H,1H3,(H,37,38)(H,39,40)(H2,35,36,41). The van der Waals surface area contributed by atoms with Crippen LogP contribution in [0.5, 0.6) is 11.5 Å². The van der Waals surface area contributed by atoms with Crippen LogP contribution >= 0.6 is 0 Å². The summed E-state index contributed by atoms with van der Waals surface area (Å²) in [4.78, 5) is 37.3. The molecular weight excluding hydrogens is 530 g/mol. The molecule has 0 aliphatic carbocycles. The number of carbonyl (C=O) groups excluding carboxylic acids is 2. The second kappa shape index (κ2) is 12.5. The predicted molar refractivity (Wildman–Crippen MR) is 165 cm³/mol. The van der Waals surface area contributed by atoms with Crippen molar-refractivity contribution in [1.82, 2.24) is 0 Å². The molecule has 8 nitrogen and oxygen atoms in total. The van der Waals surface area contributed by atoms with Gasteiger partial charge in [0.2, 0.25) is 5.91 Å². The van der Waals surface area contributed by atoms with Crippen LogP contribution in [0.4, 0.5) is 21.9 Å². The third kappa shape index (κ3) is 7.00. The molecule has 5 rings (SSSR count). The molecule has 5 aromatic rings. The number of nitrogens with one attached hydrogen (secondary N) is 3. The monoisotopic (exact) mass is 557 g/mol. The molecule has 0 saturated carbocycles. The Morgan fingerprint density at radius 3 is 2.05 bits per heavy atom. The second-order valence-electron chi connectivity index (χ2n) is 9.46. The molecule has 0 unspecified atom stereocenters. The van der Waals surface area contributed by atoms with E-state index in [-0.39, 0.29) is 16.9 Å². The van der Waals surface area contributed by atoms with Gasteiger partial charge in [-0.15, -0.1) is 0 Å². The van der Waals surface area contributed by atoms with E-state index in [0.717, 1.165) is 21.9 Å². The maximum atomic E-state index is 12.8. The minimum absolute atomic E-state index is 0.107. The number of hydrogen-bond donors (Lipinski definition) is 4. The molecule has 3 amide bonds. The van der Waals surface area contributed by atoms with Gasteiger partial charge >= 0.3 is 12.0 Å². The van der Waals surface area contributed by atoms with Crippen molar-refractivity contribution in [3.8, 4) is 11.5 Å². The molecule has 0 aromatic heterocycles. The minimum atomic E-state index is -1.25. The molecule has 0 spiro atoms. The van der Waals surface area contributed by atoms with Crippen LogP contribution in [0.2, 0.25) is 0 Å². The molecule has 0 heterocycles. The fourth-order valence-corrected chi connectivity index (χ4v) is 4.32. The number of ether oxygens (including phenoxy) is 1. The molecule has 4 N–H and O–H groups in total. The Hall–Kier alpha value is -5.89. The van der Waals surface area contributed by atoms with Crippen molar-refractivity contribution in [3.05, 3.63) is 132 Å². The highest BCUT2D eigenvalue weighted by atomic mass is 16.5. The Labute approximate surface area is 242 Å². The summed E-state index contributed by atoms with van der Waals surface area (Å²) >= 11 is 0. The van der Waals surface area contributed by atoms with Crippen molar-refractivity contribution >= 4 is 51.3 Å². The summed E-state index contributed by atoms with van der Waals surface area (Å²) in [6.45, 7) is 1.82. The quantitative estimate of drug-likeness (QED) is 0.144. The van der Waals surface area contributed by atoms with Gasteiger partial charge in [-0.2, -0.15) is 0 Å². The Morgan fingerprint density at radius 1 is 0.667 bits per heavy atom. The van der Waals surface area contributed by atoms with Crippen molar-refractivity contribution in [3.63, 3.8) is 0 Å². The van der Waals surface area contributed by atoms with E-state index in [1.54, 1.807) is 24.3 Å². The molecule has 0 atom stereocenters. The highest BCUT2D eigenvalue weighted by Gasteiger charge is 2.14. The Bertz CT molecular complexity index is 1800. The highest BCUT2D eigenvalue weighted by molar-refractivity contribution is 6.08. The molecule has 0 saturated heterocycles. The van der Waals surface area contributed by atoms with Crippen molar-refractivity contribution in [2.45, 2.75) is 6.92 Å². The number of rotatable bonds is 8. The lowest BCUT2D eigenvalue weighted by molar-refractivity contribution is -0.111. The van der Waals surface area contributed by atoms with Gasteiger partial charge in [0.1, 0.15) is 11.5 Å². The van der Waals surface area contributed by atoms with E-state index in [4.69, 9.17) is 4.74 Å². The van der Waals surface area contributed by atoms with Crippen molar-refractivity contribution in [1.29, 1.82) is 0 Å². The van der Waals surface area contributed by atoms with E-state index < -0.39 is 17.9 Å². The van der Waals surface area contributed by atoms with Crippen LogP contribution in [0.3, 0.4) is 0 Å². The number of fused-ring (bicyclic) bond motifs is 1. The van der Waals surface area contributed by atoms with Gasteiger partial charge in [0, 0.05) is 17.5 Å². The first-order valence-corrected chi connectivity index (χ1v) is 13.1. The summed E-state index contributed by atoms with van der Waals surface area (Å²) in [7, 11) is 0. The molecule has 0 fully saturated rings. The number of carbonyl (C=O) groups is 3. The van der Waals surface area contributed by atoms with Crippen LogP contribution in [-0.4, -0.2) is 23.0 Å². The number of carboxylic acid groups (broad SMARTS) is 1. The maximum Gasteiger partial charge on any atom is 0.337 e. The number of hydrogen-bond acceptors (Lipinski definition) is 4. The van der Waals surface area contributed by atoms with Gasteiger partial charge in [-0.1, -0.05) is 54.6 Å². The lowest BCUT2D eigenvalue weighted by Crippen LogP contribution is -2.20. The van der Waals surface area contributed by atoms with Crippen LogP contribution in [0.25, 0.3) is 16.3 Å². The van der Waals surface area contributed by atoms with E-state index in [1.807, 2.05) is 79.7 Å². The number of anilines is 3. The van der Waals surface area contributed by atoms with Gasteiger partial charge in [-0.25, -0.2) is 9.59 Å². The zero-order valence-corrected chi connectivity index (χ0v) is 22.6. The number of aromatic carboxylic acids is 1. The summed E-state index contributed by atoms with van der Waals surface area (Å²) in [6, 6.07) is 33.7. The van der Waals surface area contributed by atoms with Crippen molar-refractivity contribution in [2.75, 3.05) is 16.0 Å².